The van der Waals surface area contributed by atoms with Crippen molar-refractivity contribution in [2.45, 2.75) is 6.54 Å². The van der Waals surface area contributed by atoms with Gasteiger partial charge in [-0.1, -0.05) is 0 Å². The number of rotatable bonds is 3. The number of ether oxygens (including phenoxy) is 1. The van der Waals surface area contributed by atoms with Gasteiger partial charge in [0.15, 0.2) is 0 Å². The fourth-order valence-electron chi connectivity index (χ4n) is 1.59. The number of benzene rings is 1. The van der Waals surface area contributed by atoms with E-state index >= 15 is 0 Å². The van der Waals surface area contributed by atoms with Gasteiger partial charge in [0, 0.05) is 12.8 Å². The zero-order valence-corrected chi connectivity index (χ0v) is 8.49. The number of nitrogen functional groups attached to an aromatic ring is 1. The molecule has 15 heavy (non-hydrogen) atoms. The number of anilines is 1. The Bertz CT molecular complexity index is 527. The molecule has 0 aliphatic carbocycles. The van der Waals surface area contributed by atoms with Crippen molar-refractivity contribution in [3.05, 3.63) is 28.7 Å². The summed E-state index contributed by atoms with van der Waals surface area (Å²) in [5.41, 5.74) is 7.75. The number of aromatic nitrogens is 2. The molecule has 0 bridgehead atoms. The summed E-state index contributed by atoms with van der Waals surface area (Å²) in [7, 11) is 1.61. The lowest BCUT2D eigenvalue weighted by Gasteiger charge is -2.01. The molecular formula is C10H13N3O2. The predicted octanol–water partition coefficient (Wildman–Crippen LogP) is 0.558. The van der Waals surface area contributed by atoms with Crippen LogP contribution >= 0.6 is 0 Å². The van der Waals surface area contributed by atoms with Crippen LogP contribution in [0.5, 0.6) is 0 Å². The van der Waals surface area contributed by atoms with Gasteiger partial charge in [-0.3, -0.25) is 4.57 Å². The second kappa shape index (κ2) is 3.78. The summed E-state index contributed by atoms with van der Waals surface area (Å²) in [4.78, 5) is 14.3. The summed E-state index contributed by atoms with van der Waals surface area (Å²) in [5.74, 6) is 0. The molecule has 0 aliphatic rings. The predicted molar refractivity (Wildman–Crippen MR) is 58.8 cm³/mol. The first kappa shape index (κ1) is 9.79. The maximum atomic E-state index is 11.6. The second-order valence-electron chi connectivity index (χ2n) is 3.35. The fraction of sp³-hybridized carbons (Fsp3) is 0.300. The first-order valence-electron chi connectivity index (χ1n) is 4.69. The summed E-state index contributed by atoms with van der Waals surface area (Å²) < 4.78 is 6.58. The molecule has 2 aromatic rings. The van der Waals surface area contributed by atoms with E-state index in [1.165, 1.54) is 0 Å². The van der Waals surface area contributed by atoms with Crippen LogP contribution in [0, 0.1) is 0 Å². The smallest absolute Gasteiger partial charge is 0.326 e. The molecule has 0 amide bonds. The Labute approximate surface area is 86.5 Å². The largest absolute Gasteiger partial charge is 0.399 e. The van der Waals surface area contributed by atoms with Crippen LogP contribution in [0.15, 0.2) is 23.0 Å². The average molecular weight is 207 g/mol. The highest BCUT2D eigenvalue weighted by molar-refractivity contribution is 5.78. The quantitative estimate of drug-likeness (QED) is 0.722. The van der Waals surface area contributed by atoms with Crippen LogP contribution in [0.4, 0.5) is 5.69 Å². The second-order valence-corrected chi connectivity index (χ2v) is 3.35. The van der Waals surface area contributed by atoms with E-state index in [9.17, 15) is 4.79 Å². The summed E-state index contributed by atoms with van der Waals surface area (Å²) in [6, 6.07) is 5.36. The molecule has 1 heterocycles. The van der Waals surface area contributed by atoms with Crippen molar-refractivity contribution in [2.75, 3.05) is 19.5 Å². The highest BCUT2D eigenvalue weighted by Gasteiger charge is 2.05. The molecule has 0 saturated carbocycles. The molecule has 0 fully saturated rings. The van der Waals surface area contributed by atoms with Gasteiger partial charge >= 0.3 is 5.69 Å². The molecule has 5 heteroatoms. The minimum absolute atomic E-state index is 0.132. The van der Waals surface area contributed by atoms with Crippen molar-refractivity contribution >= 4 is 16.7 Å². The van der Waals surface area contributed by atoms with Gasteiger partial charge < -0.3 is 15.5 Å². The Kier molecular flexibility index (Phi) is 2.47. The molecule has 2 rings (SSSR count). The zero-order chi connectivity index (χ0) is 10.8. The SMILES string of the molecule is COCCn1c(=O)[nH]c2cc(N)ccc21. The molecule has 0 radical (unpaired) electrons. The van der Waals surface area contributed by atoms with Gasteiger partial charge in [0.05, 0.1) is 24.2 Å². The van der Waals surface area contributed by atoms with E-state index in [4.69, 9.17) is 10.5 Å². The lowest BCUT2D eigenvalue weighted by Crippen LogP contribution is -2.18. The molecule has 3 N–H and O–H groups in total. The number of nitrogens with zero attached hydrogens (tertiary/aromatic N) is 1. The third-order valence-electron chi connectivity index (χ3n) is 2.32. The number of H-pyrrole nitrogens is 1. The summed E-state index contributed by atoms with van der Waals surface area (Å²) >= 11 is 0. The molecule has 5 nitrogen and oxygen atoms in total. The summed E-state index contributed by atoms with van der Waals surface area (Å²) in [6.45, 7) is 1.05. The van der Waals surface area contributed by atoms with Crippen LogP contribution in [0.1, 0.15) is 0 Å². The monoisotopic (exact) mass is 207 g/mol. The van der Waals surface area contributed by atoms with E-state index in [1.54, 1.807) is 23.8 Å². The summed E-state index contributed by atoms with van der Waals surface area (Å²) in [6.07, 6.45) is 0. The molecule has 1 aromatic carbocycles. The van der Waals surface area contributed by atoms with Crippen LogP contribution in [-0.2, 0) is 11.3 Å². The van der Waals surface area contributed by atoms with E-state index in [0.717, 1.165) is 11.0 Å². The number of fused-ring (bicyclic) bond motifs is 1. The average Bonchev–Trinajstić information content (AvgIpc) is 2.50. The van der Waals surface area contributed by atoms with Gasteiger partial charge in [0.2, 0.25) is 0 Å². The van der Waals surface area contributed by atoms with Crippen LogP contribution < -0.4 is 11.4 Å². The number of hydrogen-bond donors (Lipinski definition) is 2. The van der Waals surface area contributed by atoms with Gasteiger partial charge in [-0.2, -0.15) is 0 Å². The molecule has 0 unspecified atom stereocenters. The standard InChI is InChI=1S/C10H13N3O2/c1-15-5-4-13-9-3-2-7(11)6-8(9)12-10(13)14/h2-3,6H,4-5,11H2,1H3,(H,12,14). The van der Waals surface area contributed by atoms with E-state index in [-0.39, 0.29) is 5.69 Å². The molecule has 80 valence electrons. The Hall–Kier alpha value is -1.75. The third kappa shape index (κ3) is 1.73. The summed E-state index contributed by atoms with van der Waals surface area (Å²) in [5, 5.41) is 0. The lowest BCUT2D eigenvalue weighted by atomic mass is 10.3. The third-order valence-corrected chi connectivity index (χ3v) is 2.32. The first-order valence-corrected chi connectivity index (χ1v) is 4.69. The minimum atomic E-state index is -0.132. The Balaban J connectivity index is 2.53. The fourth-order valence-corrected chi connectivity index (χ4v) is 1.59. The van der Waals surface area contributed by atoms with Crippen molar-refractivity contribution in [2.24, 2.45) is 0 Å². The molecule has 0 spiro atoms. The van der Waals surface area contributed by atoms with Crippen molar-refractivity contribution in [3.8, 4) is 0 Å². The number of imidazole rings is 1. The topological polar surface area (TPSA) is 73.0 Å². The van der Waals surface area contributed by atoms with Gasteiger partial charge in [0.25, 0.3) is 0 Å². The molecule has 0 saturated heterocycles. The zero-order valence-electron chi connectivity index (χ0n) is 8.49. The normalized spacial score (nSPS) is 11.0. The van der Waals surface area contributed by atoms with E-state index in [0.29, 0.717) is 18.8 Å². The molecule has 0 atom stereocenters. The van der Waals surface area contributed by atoms with Crippen molar-refractivity contribution in [1.82, 2.24) is 9.55 Å². The molecular weight excluding hydrogens is 194 g/mol. The number of nitrogens with two attached hydrogens (primary N) is 1. The van der Waals surface area contributed by atoms with Crippen molar-refractivity contribution < 1.29 is 4.74 Å². The van der Waals surface area contributed by atoms with E-state index < -0.39 is 0 Å². The van der Waals surface area contributed by atoms with E-state index in [1.807, 2.05) is 6.07 Å². The van der Waals surface area contributed by atoms with Crippen LogP contribution in [0.2, 0.25) is 0 Å². The van der Waals surface area contributed by atoms with Gasteiger partial charge in [-0.05, 0) is 18.2 Å². The maximum Gasteiger partial charge on any atom is 0.326 e. The van der Waals surface area contributed by atoms with E-state index in [2.05, 4.69) is 4.98 Å². The number of methoxy groups -OCH3 is 1. The van der Waals surface area contributed by atoms with Crippen molar-refractivity contribution in [3.63, 3.8) is 0 Å². The lowest BCUT2D eigenvalue weighted by molar-refractivity contribution is 0.187. The van der Waals surface area contributed by atoms with Crippen LogP contribution in [-0.4, -0.2) is 23.3 Å². The Morgan fingerprint density at radius 2 is 2.33 bits per heavy atom. The molecule has 0 aliphatic heterocycles. The number of aromatic amines is 1. The van der Waals surface area contributed by atoms with Crippen LogP contribution in [0.25, 0.3) is 11.0 Å². The number of nitrogens with one attached hydrogen (secondary N) is 1. The molecule has 1 aromatic heterocycles. The van der Waals surface area contributed by atoms with Gasteiger partial charge in [-0.25, -0.2) is 4.79 Å². The van der Waals surface area contributed by atoms with Crippen molar-refractivity contribution in [1.29, 1.82) is 0 Å². The maximum absolute atomic E-state index is 11.6. The van der Waals surface area contributed by atoms with Gasteiger partial charge in [-0.15, -0.1) is 0 Å². The minimum Gasteiger partial charge on any atom is -0.399 e. The van der Waals surface area contributed by atoms with Crippen LogP contribution in [0.3, 0.4) is 0 Å². The number of hydrogen-bond acceptors (Lipinski definition) is 3. The highest BCUT2D eigenvalue weighted by Crippen LogP contribution is 2.13. The Morgan fingerprint density at radius 3 is 3.07 bits per heavy atom. The first-order chi connectivity index (χ1) is 7.22. The Morgan fingerprint density at radius 1 is 1.53 bits per heavy atom. The highest BCUT2D eigenvalue weighted by atomic mass is 16.5. The van der Waals surface area contributed by atoms with Gasteiger partial charge in [0.1, 0.15) is 0 Å².